The summed E-state index contributed by atoms with van der Waals surface area (Å²) in [6.45, 7) is -1.62. The molecule has 0 saturated heterocycles. The molecular weight excluding hydrogens is 360 g/mol. The van der Waals surface area contributed by atoms with Gasteiger partial charge in [0, 0.05) is 6.42 Å². The van der Waals surface area contributed by atoms with Crippen molar-refractivity contribution in [3.63, 3.8) is 0 Å². The Bertz CT molecular complexity index is 678. The number of nitrogens with two attached hydrogens (primary N) is 1. The van der Waals surface area contributed by atoms with Crippen molar-refractivity contribution in [3.8, 4) is 5.75 Å². The van der Waals surface area contributed by atoms with Gasteiger partial charge in [0.05, 0.1) is 19.7 Å². The lowest BCUT2D eigenvalue weighted by atomic mass is 10.1. The number of aliphatic carboxylic acids is 1. The van der Waals surface area contributed by atoms with Crippen LogP contribution in [0.2, 0.25) is 0 Å². The van der Waals surface area contributed by atoms with Gasteiger partial charge < -0.3 is 37.0 Å². The molecule has 2 atom stereocenters. The molecule has 0 fully saturated rings. The molecule has 11 nitrogen and oxygen atoms in total. The Morgan fingerprint density at radius 1 is 1.00 bits per heavy atom. The fraction of sp³-hybridized carbons (Fsp3) is 0.375. The van der Waals surface area contributed by atoms with E-state index in [-0.39, 0.29) is 18.7 Å². The van der Waals surface area contributed by atoms with Gasteiger partial charge in [-0.2, -0.15) is 0 Å². The van der Waals surface area contributed by atoms with Crippen LogP contribution in [0.4, 0.5) is 0 Å². The number of aromatic hydroxyl groups is 1. The van der Waals surface area contributed by atoms with Crippen molar-refractivity contribution in [2.45, 2.75) is 18.5 Å². The lowest BCUT2D eigenvalue weighted by molar-refractivity contribution is -0.141. The molecule has 3 amide bonds. The van der Waals surface area contributed by atoms with E-state index in [2.05, 4.69) is 16.0 Å². The summed E-state index contributed by atoms with van der Waals surface area (Å²) in [7, 11) is 0. The van der Waals surface area contributed by atoms with E-state index >= 15 is 0 Å². The highest BCUT2D eigenvalue weighted by molar-refractivity contribution is 5.92. The number of amides is 3. The number of benzene rings is 1. The van der Waals surface area contributed by atoms with Crippen LogP contribution in [0.15, 0.2) is 24.3 Å². The third-order valence-electron chi connectivity index (χ3n) is 3.45. The van der Waals surface area contributed by atoms with Gasteiger partial charge in [0.25, 0.3) is 0 Å². The van der Waals surface area contributed by atoms with Gasteiger partial charge in [-0.15, -0.1) is 0 Å². The smallest absolute Gasteiger partial charge is 0.326 e. The maximum atomic E-state index is 11.9. The molecule has 0 aromatic heterocycles. The number of phenolic OH excluding ortho intramolecular Hbond substituents is 1. The SMILES string of the molecule is NCC(=O)N[C@H](CO)C(=O)NCC(=O)N[C@H](Cc1ccc(O)cc1)C(=O)O. The van der Waals surface area contributed by atoms with Crippen LogP contribution in [0.3, 0.4) is 0 Å². The summed E-state index contributed by atoms with van der Waals surface area (Å²) in [6, 6.07) is 3.30. The van der Waals surface area contributed by atoms with Crippen molar-refractivity contribution in [2.24, 2.45) is 5.73 Å². The molecule has 1 rings (SSSR count). The fourth-order valence-corrected chi connectivity index (χ4v) is 2.05. The van der Waals surface area contributed by atoms with Gasteiger partial charge >= 0.3 is 5.97 Å². The Hall–Kier alpha value is -3.18. The second kappa shape index (κ2) is 10.7. The zero-order valence-corrected chi connectivity index (χ0v) is 14.3. The number of aliphatic hydroxyl groups is 1. The van der Waals surface area contributed by atoms with Crippen LogP contribution < -0.4 is 21.7 Å². The minimum atomic E-state index is -1.28. The van der Waals surface area contributed by atoms with Gasteiger partial charge in [-0.3, -0.25) is 14.4 Å². The van der Waals surface area contributed by atoms with Crippen LogP contribution in [0, 0.1) is 0 Å². The normalized spacial score (nSPS) is 12.5. The molecule has 0 spiro atoms. The van der Waals surface area contributed by atoms with Crippen molar-refractivity contribution in [2.75, 3.05) is 19.7 Å². The van der Waals surface area contributed by atoms with Crippen LogP contribution in [-0.2, 0) is 25.6 Å². The molecule has 0 radical (unpaired) electrons. The topological polar surface area (TPSA) is 191 Å². The second-order valence-corrected chi connectivity index (χ2v) is 5.55. The van der Waals surface area contributed by atoms with E-state index in [4.69, 9.17) is 10.8 Å². The Morgan fingerprint density at radius 3 is 2.11 bits per heavy atom. The summed E-state index contributed by atoms with van der Waals surface area (Å²) in [5, 5.41) is 34.2. The average molecular weight is 382 g/mol. The first kappa shape index (κ1) is 21.9. The van der Waals surface area contributed by atoms with Crippen LogP contribution in [-0.4, -0.2) is 70.8 Å². The molecule has 8 N–H and O–H groups in total. The molecule has 27 heavy (non-hydrogen) atoms. The van der Waals surface area contributed by atoms with Crippen LogP contribution in [0.1, 0.15) is 5.56 Å². The molecule has 1 aromatic carbocycles. The van der Waals surface area contributed by atoms with Crippen LogP contribution in [0.5, 0.6) is 5.75 Å². The minimum Gasteiger partial charge on any atom is -0.508 e. The molecule has 0 bridgehead atoms. The summed E-state index contributed by atoms with van der Waals surface area (Å²) >= 11 is 0. The standard InChI is InChI=1S/C16H22N4O7/c17-6-13(23)20-12(8-21)15(25)18-7-14(24)19-11(16(26)27)5-9-1-3-10(22)4-2-9/h1-4,11-12,21-22H,5-8,17H2,(H,18,25)(H,19,24)(H,20,23)(H,26,27)/t11-,12-/m1/s1. The van der Waals surface area contributed by atoms with Gasteiger partial charge in [-0.1, -0.05) is 12.1 Å². The number of carboxylic acid groups (broad SMARTS) is 1. The van der Waals surface area contributed by atoms with Crippen molar-refractivity contribution in [1.29, 1.82) is 0 Å². The summed E-state index contributed by atoms with van der Waals surface area (Å²) in [6.07, 6.45) is -0.0267. The van der Waals surface area contributed by atoms with Crippen LogP contribution >= 0.6 is 0 Å². The monoisotopic (exact) mass is 382 g/mol. The van der Waals surface area contributed by atoms with E-state index in [0.29, 0.717) is 5.56 Å². The number of carbonyl (C=O) groups excluding carboxylic acids is 3. The van der Waals surface area contributed by atoms with Gasteiger partial charge in [0.15, 0.2) is 0 Å². The first-order chi connectivity index (χ1) is 12.8. The number of hydrogen-bond donors (Lipinski definition) is 7. The third kappa shape index (κ3) is 7.71. The maximum absolute atomic E-state index is 11.9. The predicted octanol–water partition coefficient (Wildman–Crippen LogP) is -2.94. The van der Waals surface area contributed by atoms with Gasteiger partial charge in [0.1, 0.15) is 17.8 Å². The predicted molar refractivity (Wildman–Crippen MR) is 92.5 cm³/mol. The van der Waals surface area contributed by atoms with E-state index in [1.165, 1.54) is 24.3 Å². The molecule has 0 saturated carbocycles. The zero-order valence-electron chi connectivity index (χ0n) is 14.3. The van der Waals surface area contributed by atoms with E-state index in [1.807, 2.05) is 0 Å². The number of carbonyl (C=O) groups is 4. The third-order valence-corrected chi connectivity index (χ3v) is 3.45. The molecule has 0 unspecified atom stereocenters. The van der Waals surface area contributed by atoms with E-state index < -0.39 is 48.9 Å². The molecular formula is C16H22N4O7. The minimum absolute atomic E-state index is 0.0255. The maximum Gasteiger partial charge on any atom is 0.326 e. The van der Waals surface area contributed by atoms with Gasteiger partial charge in [-0.25, -0.2) is 4.79 Å². The number of phenols is 1. The number of hydrogen-bond acceptors (Lipinski definition) is 7. The van der Waals surface area contributed by atoms with Gasteiger partial charge in [0.2, 0.25) is 17.7 Å². The van der Waals surface area contributed by atoms with Crippen molar-refractivity contribution in [3.05, 3.63) is 29.8 Å². The molecule has 0 aliphatic carbocycles. The summed E-state index contributed by atoms with van der Waals surface area (Å²) in [5.74, 6) is -3.49. The Labute approximate surface area is 154 Å². The van der Waals surface area contributed by atoms with E-state index in [1.54, 1.807) is 0 Å². The summed E-state index contributed by atoms with van der Waals surface area (Å²) in [5.41, 5.74) is 5.67. The highest BCUT2D eigenvalue weighted by Crippen LogP contribution is 2.11. The number of carboxylic acids is 1. The molecule has 148 valence electrons. The number of aliphatic hydroxyl groups excluding tert-OH is 1. The summed E-state index contributed by atoms with van der Waals surface area (Å²) < 4.78 is 0. The zero-order chi connectivity index (χ0) is 20.4. The quantitative estimate of drug-likeness (QED) is 0.223. The first-order valence-corrected chi connectivity index (χ1v) is 7.94. The molecule has 0 aliphatic heterocycles. The highest BCUT2D eigenvalue weighted by Gasteiger charge is 2.23. The van der Waals surface area contributed by atoms with E-state index in [9.17, 15) is 29.4 Å². The van der Waals surface area contributed by atoms with Crippen molar-refractivity contribution in [1.82, 2.24) is 16.0 Å². The van der Waals surface area contributed by atoms with Crippen molar-refractivity contribution < 1.29 is 34.5 Å². The molecule has 11 heteroatoms. The molecule has 0 aliphatic rings. The largest absolute Gasteiger partial charge is 0.508 e. The highest BCUT2D eigenvalue weighted by atomic mass is 16.4. The average Bonchev–Trinajstić information content (AvgIpc) is 2.64. The van der Waals surface area contributed by atoms with Crippen LogP contribution in [0.25, 0.3) is 0 Å². The Balaban J connectivity index is 2.56. The lowest BCUT2D eigenvalue weighted by Gasteiger charge is -2.17. The molecule has 1 aromatic rings. The Kier molecular flexibility index (Phi) is 8.69. The lowest BCUT2D eigenvalue weighted by Crippen LogP contribution is -2.53. The number of rotatable bonds is 10. The molecule has 0 heterocycles. The van der Waals surface area contributed by atoms with E-state index in [0.717, 1.165) is 0 Å². The first-order valence-electron chi connectivity index (χ1n) is 7.94. The van der Waals surface area contributed by atoms with Gasteiger partial charge in [-0.05, 0) is 17.7 Å². The Morgan fingerprint density at radius 2 is 1.59 bits per heavy atom. The second-order valence-electron chi connectivity index (χ2n) is 5.55. The fourth-order valence-electron chi connectivity index (χ4n) is 2.05. The van der Waals surface area contributed by atoms with Crippen molar-refractivity contribution >= 4 is 23.7 Å². The summed E-state index contributed by atoms with van der Waals surface area (Å²) in [4.78, 5) is 46.2. The number of nitrogens with one attached hydrogen (secondary N) is 3.